The van der Waals surface area contributed by atoms with Crippen molar-refractivity contribution in [2.75, 3.05) is 30.8 Å². The topological polar surface area (TPSA) is 0 Å². The molecule has 0 N–H and O–H groups in total. The van der Waals surface area contributed by atoms with Crippen LogP contribution in [0.1, 0.15) is 27.2 Å². The van der Waals surface area contributed by atoms with Gasteiger partial charge in [0.1, 0.15) is 0 Å². The molecule has 1 aliphatic rings. The van der Waals surface area contributed by atoms with Crippen molar-refractivity contribution in [3.05, 3.63) is 0 Å². The number of hydrogen-bond donors (Lipinski definition) is 0. The van der Waals surface area contributed by atoms with Gasteiger partial charge in [0.15, 0.2) is 0 Å². The molecule has 0 amide bonds. The van der Waals surface area contributed by atoms with Crippen molar-refractivity contribution in [3.8, 4) is 0 Å². The van der Waals surface area contributed by atoms with E-state index in [1.807, 2.05) is 0 Å². The molecule has 4 unspecified atom stereocenters. The second kappa shape index (κ2) is 7.54. The normalized spacial score (nSPS) is 35.1. The highest BCUT2D eigenvalue weighted by Crippen LogP contribution is 2.46. The number of hydrogen-bond acceptors (Lipinski definition) is 0. The van der Waals surface area contributed by atoms with E-state index in [1.54, 1.807) is 12.3 Å². The van der Waals surface area contributed by atoms with Crippen LogP contribution in [0.4, 0.5) is 0 Å². The fraction of sp³-hybridized carbons (Fsp3) is 1.00. The molecule has 0 bridgehead atoms. The molecule has 1 rings (SSSR count). The Morgan fingerprint density at radius 3 is 2.71 bits per heavy atom. The van der Waals surface area contributed by atoms with Crippen molar-refractivity contribution in [2.45, 2.75) is 38.5 Å². The van der Waals surface area contributed by atoms with Crippen molar-refractivity contribution < 1.29 is 0 Å². The van der Waals surface area contributed by atoms with Crippen molar-refractivity contribution in [1.29, 1.82) is 0 Å². The Labute approximate surface area is 94.7 Å². The maximum Gasteiger partial charge on any atom is -0.0226 e. The molecular formula is C11H25P3. The molecule has 0 nitrogen and oxygen atoms in total. The zero-order valence-electron chi connectivity index (χ0n) is 9.84. The average Bonchev–Trinajstić information content (AvgIpc) is 2.15. The molecule has 4 atom stereocenters. The average molecular weight is 250 g/mol. The summed E-state index contributed by atoms with van der Waals surface area (Å²) in [5.41, 5.74) is 2.01. The highest BCUT2D eigenvalue weighted by atomic mass is 31.1. The van der Waals surface area contributed by atoms with Crippen LogP contribution in [0.3, 0.4) is 0 Å². The Morgan fingerprint density at radius 1 is 1.21 bits per heavy atom. The monoisotopic (exact) mass is 250 g/mol. The van der Waals surface area contributed by atoms with Crippen molar-refractivity contribution in [1.82, 2.24) is 0 Å². The summed E-state index contributed by atoms with van der Waals surface area (Å²) >= 11 is 0. The lowest BCUT2D eigenvalue weighted by Gasteiger charge is -2.26. The first-order valence-electron chi connectivity index (χ1n) is 5.88. The van der Waals surface area contributed by atoms with Gasteiger partial charge >= 0.3 is 0 Å². The summed E-state index contributed by atoms with van der Waals surface area (Å²) in [5, 5.41) is 0. The summed E-state index contributed by atoms with van der Waals surface area (Å²) in [5.74, 6) is 0. The molecule has 1 fully saturated rings. The standard InChI is InChI=1S/C11H25P3/c1-10(2)14-8-4-5-12-6-7-13-11(3)9-14/h10-13H,4-9H2,1-3H3. The summed E-state index contributed by atoms with van der Waals surface area (Å²) in [4.78, 5) is 0. The Morgan fingerprint density at radius 2 is 2.00 bits per heavy atom. The Hall–Kier alpha value is 1.29. The van der Waals surface area contributed by atoms with Crippen molar-refractivity contribution in [2.24, 2.45) is 0 Å². The quantitative estimate of drug-likeness (QED) is 0.616. The lowest BCUT2D eigenvalue weighted by atomic mass is 10.5. The molecule has 0 aromatic carbocycles. The molecule has 0 saturated carbocycles. The van der Waals surface area contributed by atoms with E-state index in [0.29, 0.717) is 7.92 Å². The molecule has 0 aromatic rings. The van der Waals surface area contributed by atoms with E-state index in [-0.39, 0.29) is 0 Å². The molecule has 84 valence electrons. The molecule has 14 heavy (non-hydrogen) atoms. The van der Waals surface area contributed by atoms with Crippen LogP contribution in [0.25, 0.3) is 0 Å². The summed E-state index contributed by atoms with van der Waals surface area (Å²) in [6.07, 6.45) is 9.25. The molecule has 1 heterocycles. The van der Waals surface area contributed by atoms with Crippen LogP contribution < -0.4 is 0 Å². The maximum absolute atomic E-state index is 2.49. The second-order valence-electron chi connectivity index (χ2n) is 4.55. The molecule has 1 aliphatic heterocycles. The SMILES string of the molecule is CC1CP(C(C)C)CCCPCCP1. The van der Waals surface area contributed by atoms with Crippen molar-refractivity contribution in [3.63, 3.8) is 0 Å². The Balaban J connectivity index is 2.39. The van der Waals surface area contributed by atoms with E-state index in [9.17, 15) is 0 Å². The van der Waals surface area contributed by atoms with E-state index < -0.39 is 0 Å². The highest BCUT2D eigenvalue weighted by Gasteiger charge is 2.16. The van der Waals surface area contributed by atoms with Gasteiger partial charge in [0.2, 0.25) is 0 Å². The van der Waals surface area contributed by atoms with Gasteiger partial charge in [-0.05, 0) is 48.5 Å². The summed E-state index contributed by atoms with van der Waals surface area (Å²) in [7, 11) is 2.90. The Kier molecular flexibility index (Phi) is 7.20. The van der Waals surface area contributed by atoms with Gasteiger partial charge in [-0.15, -0.1) is 25.1 Å². The molecule has 3 heteroatoms. The zero-order chi connectivity index (χ0) is 10.4. The molecular weight excluding hydrogens is 225 g/mol. The number of rotatable bonds is 1. The fourth-order valence-electron chi connectivity index (χ4n) is 1.92. The van der Waals surface area contributed by atoms with E-state index in [1.165, 1.54) is 42.1 Å². The van der Waals surface area contributed by atoms with E-state index in [4.69, 9.17) is 0 Å². The van der Waals surface area contributed by atoms with Crippen LogP contribution in [0.2, 0.25) is 0 Å². The largest absolute Gasteiger partial charge is 0.122 e. The Bertz CT molecular complexity index is 147. The predicted molar refractivity (Wildman–Crippen MR) is 77.1 cm³/mol. The van der Waals surface area contributed by atoms with Gasteiger partial charge in [-0.3, -0.25) is 0 Å². The van der Waals surface area contributed by atoms with Crippen LogP contribution in [0.5, 0.6) is 0 Å². The smallest absolute Gasteiger partial charge is 0.0226 e. The van der Waals surface area contributed by atoms with Gasteiger partial charge in [-0.1, -0.05) is 20.8 Å². The zero-order valence-corrected chi connectivity index (χ0v) is 12.7. The van der Waals surface area contributed by atoms with E-state index >= 15 is 0 Å². The summed E-state index contributed by atoms with van der Waals surface area (Å²) in [6.45, 7) is 7.37. The van der Waals surface area contributed by atoms with Crippen LogP contribution in [-0.2, 0) is 0 Å². The summed E-state index contributed by atoms with van der Waals surface area (Å²) in [6, 6.07) is 0. The van der Waals surface area contributed by atoms with Gasteiger partial charge in [0.05, 0.1) is 0 Å². The van der Waals surface area contributed by atoms with Gasteiger partial charge in [0, 0.05) is 0 Å². The third-order valence-corrected chi connectivity index (χ3v) is 9.79. The van der Waals surface area contributed by atoms with E-state index in [0.717, 1.165) is 11.3 Å². The van der Waals surface area contributed by atoms with Crippen LogP contribution in [-0.4, -0.2) is 42.1 Å². The fourth-order valence-corrected chi connectivity index (χ4v) is 8.28. The minimum atomic E-state index is 0.369. The molecule has 0 aromatic heterocycles. The predicted octanol–water partition coefficient (Wildman–Crippen LogP) is 4.03. The minimum absolute atomic E-state index is 0.369. The lowest BCUT2D eigenvalue weighted by molar-refractivity contribution is 1.000. The van der Waals surface area contributed by atoms with E-state index in [2.05, 4.69) is 20.8 Å². The third-order valence-electron chi connectivity index (χ3n) is 2.83. The first-order chi connectivity index (χ1) is 6.70. The highest BCUT2D eigenvalue weighted by molar-refractivity contribution is 7.59. The first kappa shape index (κ1) is 13.4. The van der Waals surface area contributed by atoms with Gasteiger partial charge in [-0.2, -0.15) is 0 Å². The minimum Gasteiger partial charge on any atom is -0.122 e. The maximum atomic E-state index is 2.49. The molecule has 0 aliphatic carbocycles. The molecule has 0 radical (unpaired) electrons. The molecule has 1 saturated heterocycles. The van der Waals surface area contributed by atoms with Crippen LogP contribution >= 0.6 is 25.1 Å². The van der Waals surface area contributed by atoms with Crippen LogP contribution in [0, 0.1) is 0 Å². The molecule has 0 spiro atoms. The van der Waals surface area contributed by atoms with Gasteiger partial charge in [0.25, 0.3) is 0 Å². The lowest BCUT2D eigenvalue weighted by Crippen LogP contribution is -2.10. The van der Waals surface area contributed by atoms with Gasteiger partial charge in [-0.25, -0.2) is 0 Å². The third kappa shape index (κ3) is 5.39. The van der Waals surface area contributed by atoms with Crippen LogP contribution in [0.15, 0.2) is 0 Å². The second-order valence-corrected chi connectivity index (χ2v) is 11.0. The summed E-state index contributed by atoms with van der Waals surface area (Å²) < 4.78 is 0. The first-order valence-corrected chi connectivity index (χ1v) is 10.4. The van der Waals surface area contributed by atoms with Gasteiger partial charge < -0.3 is 0 Å². The van der Waals surface area contributed by atoms with Crippen molar-refractivity contribution >= 4 is 25.1 Å².